The Morgan fingerprint density at radius 2 is 2.21 bits per heavy atom. The lowest BCUT2D eigenvalue weighted by atomic mass is 9.92. The smallest absolute Gasteiger partial charge is 0.0165 e. The van der Waals surface area contributed by atoms with E-state index in [9.17, 15) is 0 Å². The van der Waals surface area contributed by atoms with Gasteiger partial charge >= 0.3 is 0 Å². The monoisotopic (exact) mass is 198 g/mol. The second-order valence-corrected chi connectivity index (χ2v) is 5.56. The van der Waals surface area contributed by atoms with E-state index < -0.39 is 0 Å². The zero-order valence-electron chi connectivity index (χ0n) is 9.97. The van der Waals surface area contributed by atoms with Gasteiger partial charge in [0, 0.05) is 18.6 Å². The largest absolute Gasteiger partial charge is 0.327 e. The molecule has 0 bridgehead atoms. The van der Waals surface area contributed by atoms with Gasteiger partial charge in [0.2, 0.25) is 0 Å². The number of rotatable bonds is 5. The molecule has 0 saturated heterocycles. The standard InChI is InChI=1S/C12H26N2/c1-4-5-10(13)9-14-11-6-7-12(2,3)8-11/h10-11,14H,4-9,13H2,1-3H3. The number of hydrogen-bond acceptors (Lipinski definition) is 2. The van der Waals surface area contributed by atoms with Gasteiger partial charge in [-0.25, -0.2) is 0 Å². The molecule has 2 nitrogen and oxygen atoms in total. The van der Waals surface area contributed by atoms with Crippen molar-refractivity contribution in [3.8, 4) is 0 Å². The van der Waals surface area contributed by atoms with Gasteiger partial charge in [-0.05, 0) is 31.1 Å². The summed E-state index contributed by atoms with van der Waals surface area (Å²) in [6.45, 7) is 7.91. The van der Waals surface area contributed by atoms with Gasteiger partial charge < -0.3 is 11.1 Å². The third-order valence-corrected chi connectivity index (χ3v) is 3.30. The van der Waals surface area contributed by atoms with Crippen LogP contribution in [0.2, 0.25) is 0 Å². The topological polar surface area (TPSA) is 38.0 Å². The molecule has 3 N–H and O–H groups in total. The fraction of sp³-hybridized carbons (Fsp3) is 1.00. The van der Waals surface area contributed by atoms with E-state index in [1.807, 2.05) is 0 Å². The van der Waals surface area contributed by atoms with Crippen LogP contribution in [0.1, 0.15) is 52.9 Å². The number of nitrogens with one attached hydrogen (secondary N) is 1. The van der Waals surface area contributed by atoms with Gasteiger partial charge in [0.15, 0.2) is 0 Å². The molecule has 1 saturated carbocycles. The molecule has 0 spiro atoms. The summed E-state index contributed by atoms with van der Waals surface area (Å²) in [5.41, 5.74) is 6.52. The Hall–Kier alpha value is -0.0800. The molecule has 0 aromatic rings. The summed E-state index contributed by atoms with van der Waals surface area (Å²) >= 11 is 0. The molecule has 1 rings (SSSR count). The molecule has 2 atom stereocenters. The van der Waals surface area contributed by atoms with Crippen molar-refractivity contribution >= 4 is 0 Å². The Bertz CT molecular complexity index is 166. The minimum atomic E-state index is 0.351. The Kier molecular flexibility index (Phi) is 4.39. The average Bonchev–Trinajstić information content (AvgIpc) is 2.43. The Balaban J connectivity index is 2.14. The number of hydrogen-bond donors (Lipinski definition) is 2. The third kappa shape index (κ3) is 3.97. The highest BCUT2D eigenvalue weighted by atomic mass is 14.9. The van der Waals surface area contributed by atoms with E-state index >= 15 is 0 Å². The van der Waals surface area contributed by atoms with Gasteiger partial charge in [-0.2, -0.15) is 0 Å². The first kappa shape index (κ1) is 12.0. The molecule has 0 aromatic carbocycles. The molecule has 0 aromatic heterocycles. The summed E-state index contributed by atoms with van der Waals surface area (Å²) in [4.78, 5) is 0. The van der Waals surface area contributed by atoms with Gasteiger partial charge in [-0.15, -0.1) is 0 Å². The highest BCUT2D eigenvalue weighted by Crippen LogP contribution is 2.36. The van der Waals surface area contributed by atoms with Crippen LogP contribution >= 0.6 is 0 Å². The molecule has 2 unspecified atom stereocenters. The van der Waals surface area contributed by atoms with Gasteiger partial charge in [0.05, 0.1) is 0 Å². The Labute approximate surface area is 88.6 Å². The summed E-state index contributed by atoms with van der Waals surface area (Å²) in [5, 5.41) is 3.60. The van der Waals surface area contributed by atoms with E-state index in [1.165, 1.54) is 25.7 Å². The van der Waals surface area contributed by atoms with Crippen molar-refractivity contribution in [2.45, 2.75) is 65.0 Å². The molecule has 14 heavy (non-hydrogen) atoms. The van der Waals surface area contributed by atoms with Crippen LogP contribution in [0, 0.1) is 5.41 Å². The molecule has 1 aliphatic carbocycles. The quantitative estimate of drug-likeness (QED) is 0.711. The van der Waals surface area contributed by atoms with Crippen molar-refractivity contribution in [3.63, 3.8) is 0 Å². The van der Waals surface area contributed by atoms with Crippen LogP contribution in [0.15, 0.2) is 0 Å². The van der Waals surface area contributed by atoms with Crippen LogP contribution in [0.3, 0.4) is 0 Å². The average molecular weight is 198 g/mol. The van der Waals surface area contributed by atoms with Crippen molar-refractivity contribution in [3.05, 3.63) is 0 Å². The lowest BCUT2D eigenvalue weighted by Gasteiger charge is -2.19. The predicted molar refractivity (Wildman–Crippen MR) is 62.3 cm³/mol. The maximum Gasteiger partial charge on any atom is 0.0165 e. The van der Waals surface area contributed by atoms with Crippen LogP contribution in [-0.4, -0.2) is 18.6 Å². The zero-order chi connectivity index (χ0) is 10.6. The minimum absolute atomic E-state index is 0.351. The van der Waals surface area contributed by atoms with E-state index in [1.54, 1.807) is 0 Å². The summed E-state index contributed by atoms with van der Waals surface area (Å²) in [6.07, 6.45) is 6.33. The second-order valence-electron chi connectivity index (χ2n) is 5.56. The van der Waals surface area contributed by atoms with Crippen LogP contribution in [0.5, 0.6) is 0 Å². The molecule has 0 heterocycles. The fourth-order valence-corrected chi connectivity index (χ4v) is 2.40. The molecular weight excluding hydrogens is 172 g/mol. The highest BCUT2D eigenvalue weighted by molar-refractivity contribution is 4.86. The molecule has 1 aliphatic rings. The number of nitrogens with two attached hydrogens (primary N) is 1. The summed E-state index contributed by atoms with van der Waals surface area (Å²) in [6, 6.07) is 1.07. The normalized spacial score (nSPS) is 27.9. The van der Waals surface area contributed by atoms with Crippen molar-refractivity contribution in [2.75, 3.05) is 6.54 Å². The van der Waals surface area contributed by atoms with Crippen molar-refractivity contribution in [2.24, 2.45) is 11.1 Å². The Morgan fingerprint density at radius 1 is 1.50 bits per heavy atom. The molecule has 0 aliphatic heterocycles. The van der Waals surface area contributed by atoms with Crippen LogP contribution in [-0.2, 0) is 0 Å². The Morgan fingerprint density at radius 3 is 2.71 bits per heavy atom. The SMILES string of the molecule is CCCC(N)CNC1CCC(C)(C)C1. The van der Waals surface area contributed by atoms with Gasteiger partial charge in [-0.1, -0.05) is 27.2 Å². The van der Waals surface area contributed by atoms with E-state index in [-0.39, 0.29) is 0 Å². The van der Waals surface area contributed by atoms with Gasteiger partial charge in [0.25, 0.3) is 0 Å². The second kappa shape index (κ2) is 5.13. The van der Waals surface area contributed by atoms with Crippen molar-refractivity contribution in [1.82, 2.24) is 5.32 Å². The molecule has 0 amide bonds. The van der Waals surface area contributed by atoms with Gasteiger partial charge in [0.1, 0.15) is 0 Å². The van der Waals surface area contributed by atoms with Crippen molar-refractivity contribution in [1.29, 1.82) is 0 Å². The van der Waals surface area contributed by atoms with E-state index in [2.05, 4.69) is 26.1 Å². The maximum absolute atomic E-state index is 5.97. The summed E-state index contributed by atoms with van der Waals surface area (Å²) < 4.78 is 0. The van der Waals surface area contributed by atoms with Crippen LogP contribution < -0.4 is 11.1 Å². The lowest BCUT2D eigenvalue weighted by molar-refractivity contribution is 0.361. The maximum atomic E-state index is 5.97. The van der Waals surface area contributed by atoms with E-state index in [0.29, 0.717) is 17.5 Å². The third-order valence-electron chi connectivity index (χ3n) is 3.30. The summed E-state index contributed by atoms with van der Waals surface area (Å²) in [5.74, 6) is 0. The zero-order valence-corrected chi connectivity index (χ0v) is 9.97. The van der Waals surface area contributed by atoms with Crippen molar-refractivity contribution < 1.29 is 0 Å². The van der Waals surface area contributed by atoms with Crippen LogP contribution in [0.25, 0.3) is 0 Å². The highest BCUT2D eigenvalue weighted by Gasteiger charge is 2.30. The first-order valence-corrected chi connectivity index (χ1v) is 6.02. The van der Waals surface area contributed by atoms with E-state index in [4.69, 9.17) is 5.73 Å². The lowest BCUT2D eigenvalue weighted by Crippen LogP contribution is -2.38. The molecular formula is C12H26N2. The molecule has 1 fully saturated rings. The van der Waals surface area contributed by atoms with Crippen LogP contribution in [0.4, 0.5) is 0 Å². The molecule has 84 valence electrons. The molecule has 2 heteroatoms. The first-order valence-electron chi connectivity index (χ1n) is 6.02. The predicted octanol–water partition coefficient (Wildman–Crippen LogP) is 2.28. The first-order chi connectivity index (χ1) is 6.53. The molecule has 0 radical (unpaired) electrons. The van der Waals surface area contributed by atoms with Gasteiger partial charge in [-0.3, -0.25) is 0 Å². The van der Waals surface area contributed by atoms with E-state index in [0.717, 1.165) is 13.0 Å². The fourth-order valence-electron chi connectivity index (χ4n) is 2.40. The minimum Gasteiger partial charge on any atom is -0.327 e. The summed E-state index contributed by atoms with van der Waals surface area (Å²) in [7, 11) is 0.